The Morgan fingerprint density at radius 2 is 2.00 bits per heavy atom. The van der Waals surface area contributed by atoms with Gasteiger partial charge in [0.2, 0.25) is 0 Å². The molecule has 3 rings (SSSR count). The Morgan fingerprint density at radius 3 is 2.87 bits per heavy atom. The molecule has 1 aliphatic carbocycles. The summed E-state index contributed by atoms with van der Waals surface area (Å²) in [6.07, 6.45) is 5.05. The van der Waals surface area contributed by atoms with Gasteiger partial charge >= 0.3 is 0 Å². The quantitative estimate of drug-likeness (QED) is 0.798. The lowest BCUT2D eigenvalue weighted by Crippen LogP contribution is -2.22. The van der Waals surface area contributed by atoms with Crippen LogP contribution in [0.5, 0.6) is 5.75 Å². The van der Waals surface area contributed by atoms with Crippen molar-refractivity contribution in [2.45, 2.75) is 37.8 Å². The van der Waals surface area contributed by atoms with Crippen LogP contribution < -0.4 is 10.1 Å². The Labute approximate surface area is 90.6 Å². The van der Waals surface area contributed by atoms with E-state index in [-0.39, 0.29) is 0 Å². The van der Waals surface area contributed by atoms with Crippen LogP contribution in [0.15, 0.2) is 24.3 Å². The van der Waals surface area contributed by atoms with Gasteiger partial charge in [-0.25, -0.2) is 0 Å². The van der Waals surface area contributed by atoms with Gasteiger partial charge in [-0.3, -0.25) is 0 Å². The van der Waals surface area contributed by atoms with Crippen LogP contribution in [0.4, 0.5) is 0 Å². The summed E-state index contributed by atoms with van der Waals surface area (Å²) in [6.45, 7) is 0.861. The molecule has 2 aliphatic rings. The molecule has 0 bridgehead atoms. The van der Waals surface area contributed by atoms with E-state index in [4.69, 9.17) is 4.74 Å². The van der Waals surface area contributed by atoms with Crippen LogP contribution >= 0.6 is 0 Å². The van der Waals surface area contributed by atoms with Crippen LogP contribution in [0.2, 0.25) is 0 Å². The monoisotopic (exact) mass is 203 g/mol. The molecular formula is C13H17NO. The van der Waals surface area contributed by atoms with Crippen LogP contribution in [0.25, 0.3) is 0 Å². The smallest absolute Gasteiger partial charge is 0.124 e. The van der Waals surface area contributed by atoms with Crippen molar-refractivity contribution >= 4 is 0 Å². The van der Waals surface area contributed by atoms with Crippen LogP contribution in [-0.2, 0) is 0 Å². The Kier molecular flexibility index (Phi) is 2.37. The van der Waals surface area contributed by atoms with Crippen LogP contribution in [-0.4, -0.2) is 12.6 Å². The lowest BCUT2D eigenvalue weighted by atomic mass is 10.0. The fraction of sp³-hybridized carbons (Fsp3) is 0.538. The second-order valence-electron chi connectivity index (χ2n) is 4.52. The minimum atomic E-state index is 0.510. The first kappa shape index (κ1) is 9.22. The largest absolute Gasteiger partial charge is 0.493 e. The van der Waals surface area contributed by atoms with Crippen LogP contribution in [0.3, 0.4) is 0 Å². The average molecular weight is 203 g/mol. The SMILES string of the molecule is c1ccc2c(c1)OCCCC2NC1CC1. The summed E-state index contributed by atoms with van der Waals surface area (Å²) in [4.78, 5) is 0. The van der Waals surface area contributed by atoms with Crippen molar-refractivity contribution in [1.82, 2.24) is 5.32 Å². The standard InChI is InChI=1S/C13H17NO/c1-2-6-13-11(4-1)12(5-3-9-15-13)14-10-7-8-10/h1-2,4,6,10,12,14H,3,5,7-9H2. The summed E-state index contributed by atoms with van der Waals surface area (Å²) in [7, 11) is 0. The minimum absolute atomic E-state index is 0.510. The highest BCUT2D eigenvalue weighted by molar-refractivity contribution is 5.36. The molecule has 80 valence electrons. The summed E-state index contributed by atoms with van der Waals surface area (Å²) in [5.74, 6) is 1.08. The van der Waals surface area contributed by atoms with Gasteiger partial charge in [0.05, 0.1) is 6.61 Å². The van der Waals surface area contributed by atoms with Gasteiger partial charge in [-0.05, 0) is 31.7 Å². The van der Waals surface area contributed by atoms with Gasteiger partial charge in [-0.15, -0.1) is 0 Å². The Morgan fingerprint density at radius 1 is 1.13 bits per heavy atom. The molecule has 15 heavy (non-hydrogen) atoms. The third-order valence-electron chi connectivity index (χ3n) is 3.20. The highest BCUT2D eigenvalue weighted by atomic mass is 16.5. The van der Waals surface area contributed by atoms with Gasteiger partial charge in [0.25, 0.3) is 0 Å². The molecule has 0 amide bonds. The first-order valence-corrected chi connectivity index (χ1v) is 5.91. The lowest BCUT2D eigenvalue weighted by molar-refractivity contribution is 0.315. The Bertz CT molecular complexity index is 346. The van der Waals surface area contributed by atoms with Crippen molar-refractivity contribution in [3.63, 3.8) is 0 Å². The summed E-state index contributed by atoms with van der Waals surface area (Å²) in [5.41, 5.74) is 1.35. The van der Waals surface area contributed by atoms with E-state index in [1.165, 1.54) is 24.8 Å². The first-order valence-electron chi connectivity index (χ1n) is 5.91. The number of benzene rings is 1. The van der Waals surface area contributed by atoms with Crippen molar-refractivity contribution in [2.75, 3.05) is 6.61 Å². The second-order valence-corrected chi connectivity index (χ2v) is 4.52. The summed E-state index contributed by atoms with van der Waals surface area (Å²) in [6, 6.07) is 9.72. The average Bonchev–Trinajstić information content (AvgIpc) is 3.07. The lowest BCUT2D eigenvalue weighted by Gasteiger charge is -2.17. The molecular weight excluding hydrogens is 186 g/mol. The van der Waals surface area contributed by atoms with E-state index in [2.05, 4.69) is 29.6 Å². The maximum Gasteiger partial charge on any atom is 0.124 e. The van der Waals surface area contributed by atoms with E-state index >= 15 is 0 Å². The van der Waals surface area contributed by atoms with Gasteiger partial charge in [0.15, 0.2) is 0 Å². The number of rotatable bonds is 2. The third-order valence-corrected chi connectivity index (χ3v) is 3.20. The van der Waals surface area contributed by atoms with Crippen LogP contribution in [0, 0.1) is 0 Å². The number of nitrogens with one attached hydrogen (secondary N) is 1. The van der Waals surface area contributed by atoms with E-state index in [9.17, 15) is 0 Å². The Hall–Kier alpha value is -1.02. The van der Waals surface area contributed by atoms with E-state index in [1.807, 2.05) is 0 Å². The Balaban J connectivity index is 1.86. The van der Waals surface area contributed by atoms with E-state index < -0.39 is 0 Å². The molecule has 1 N–H and O–H groups in total. The molecule has 1 saturated carbocycles. The molecule has 0 aromatic heterocycles. The maximum atomic E-state index is 5.74. The van der Waals surface area contributed by atoms with E-state index in [0.717, 1.165) is 24.8 Å². The zero-order chi connectivity index (χ0) is 10.1. The number of hydrogen-bond donors (Lipinski definition) is 1. The van der Waals surface area contributed by atoms with Gasteiger partial charge in [-0.1, -0.05) is 18.2 Å². The van der Waals surface area contributed by atoms with E-state index in [0.29, 0.717) is 6.04 Å². The maximum absolute atomic E-state index is 5.74. The highest BCUT2D eigenvalue weighted by Crippen LogP contribution is 2.33. The molecule has 1 heterocycles. The number of fused-ring (bicyclic) bond motifs is 1. The number of para-hydroxylation sites is 1. The molecule has 1 aromatic carbocycles. The predicted molar refractivity (Wildman–Crippen MR) is 60.1 cm³/mol. The fourth-order valence-electron chi connectivity index (χ4n) is 2.23. The second kappa shape index (κ2) is 3.86. The van der Waals surface area contributed by atoms with Crippen LogP contribution in [0.1, 0.15) is 37.3 Å². The molecule has 1 atom stereocenters. The molecule has 1 fully saturated rings. The molecule has 0 saturated heterocycles. The molecule has 0 spiro atoms. The molecule has 1 aliphatic heterocycles. The summed E-state index contributed by atoms with van der Waals surface area (Å²) >= 11 is 0. The normalized spacial score (nSPS) is 25.2. The van der Waals surface area contributed by atoms with Gasteiger partial charge in [-0.2, -0.15) is 0 Å². The minimum Gasteiger partial charge on any atom is -0.493 e. The van der Waals surface area contributed by atoms with Crippen molar-refractivity contribution in [3.05, 3.63) is 29.8 Å². The third kappa shape index (κ3) is 2.00. The van der Waals surface area contributed by atoms with Crippen molar-refractivity contribution < 1.29 is 4.74 Å². The summed E-state index contributed by atoms with van der Waals surface area (Å²) in [5, 5.41) is 3.71. The zero-order valence-corrected chi connectivity index (χ0v) is 8.91. The molecule has 2 heteroatoms. The molecule has 1 aromatic rings. The molecule has 2 nitrogen and oxygen atoms in total. The van der Waals surface area contributed by atoms with Gasteiger partial charge in [0, 0.05) is 17.6 Å². The van der Waals surface area contributed by atoms with E-state index in [1.54, 1.807) is 0 Å². The van der Waals surface area contributed by atoms with Crippen molar-refractivity contribution in [2.24, 2.45) is 0 Å². The van der Waals surface area contributed by atoms with Gasteiger partial charge in [0.1, 0.15) is 5.75 Å². The van der Waals surface area contributed by atoms with Gasteiger partial charge < -0.3 is 10.1 Å². The first-order chi connectivity index (χ1) is 7.43. The number of hydrogen-bond acceptors (Lipinski definition) is 2. The molecule has 0 radical (unpaired) electrons. The summed E-state index contributed by atoms with van der Waals surface area (Å²) < 4.78 is 5.74. The highest BCUT2D eigenvalue weighted by Gasteiger charge is 2.27. The predicted octanol–water partition coefficient (Wildman–Crippen LogP) is 2.65. The molecule has 1 unspecified atom stereocenters. The topological polar surface area (TPSA) is 21.3 Å². The number of ether oxygens (including phenoxy) is 1. The fourth-order valence-corrected chi connectivity index (χ4v) is 2.23. The van der Waals surface area contributed by atoms with Crippen molar-refractivity contribution in [1.29, 1.82) is 0 Å². The van der Waals surface area contributed by atoms with Crippen molar-refractivity contribution in [3.8, 4) is 5.75 Å². The zero-order valence-electron chi connectivity index (χ0n) is 8.91.